The molecular formula is C47H58Cl2SiZr-4. The summed E-state index contributed by atoms with van der Waals surface area (Å²) in [6, 6.07) is 41.1. The summed E-state index contributed by atoms with van der Waals surface area (Å²) in [5, 5.41) is 5.54. The molecule has 0 heterocycles. The van der Waals surface area contributed by atoms with Gasteiger partial charge in [-0.05, 0) is 58.3 Å². The Morgan fingerprint density at radius 2 is 1.02 bits per heavy atom. The first-order chi connectivity index (χ1) is 22.5. The van der Waals surface area contributed by atoms with Gasteiger partial charge < -0.3 is 14.9 Å². The van der Waals surface area contributed by atoms with Gasteiger partial charge in [0, 0.05) is 0 Å². The Kier molecular flexibility index (Phi) is 18.6. The van der Waals surface area contributed by atoms with Crippen LogP contribution in [0.2, 0.25) is 0 Å². The zero-order chi connectivity index (χ0) is 33.8. The zero-order valence-electron chi connectivity index (χ0n) is 32.3. The van der Waals surface area contributed by atoms with E-state index < -0.39 is 0 Å². The van der Waals surface area contributed by atoms with Gasteiger partial charge in [0.25, 0.3) is 0 Å². The van der Waals surface area contributed by atoms with Crippen molar-refractivity contribution in [2.75, 3.05) is 0 Å². The summed E-state index contributed by atoms with van der Waals surface area (Å²) in [6.07, 6.45) is 6.62. The quantitative estimate of drug-likeness (QED) is 0.123. The predicted molar refractivity (Wildman–Crippen MR) is 231 cm³/mol. The molecule has 0 amide bonds. The van der Waals surface area contributed by atoms with Gasteiger partial charge >= 0.3 is 30.2 Å². The predicted octanol–water partition coefficient (Wildman–Crippen LogP) is 14.6. The summed E-state index contributed by atoms with van der Waals surface area (Å²) in [4.78, 5) is 0. The van der Waals surface area contributed by atoms with Gasteiger partial charge in [-0.2, -0.15) is 12.1 Å². The number of hydrogen-bond donors (Lipinski definition) is 0. The molecular weight excluding hydrogens is 755 g/mol. The van der Waals surface area contributed by atoms with Crippen molar-refractivity contribution in [1.29, 1.82) is 0 Å². The van der Waals surface area contributed by atoms with E-state index in [1.165, 1.54) is 110 Å². The minimum atomic E-state index is 0. The Labute approximate surface area is 340 Å². The molecule has 0 spiro atoms. The molecule has 1 aliphatic carbocycles. The van der Waals surface area contributed by atoms with Crippen LogP contribution in [-0.2, 0) is 40.6 Å². The molecule has 0 N–H and O–H groups in total. The zero-order valence-corrected chi connectivity index (χ0v) is 37.4. The van der Waals surface area contributed by atoms with Crippen LogP contribution in [0.1, 0.15) is 102 Å². The Hall–Kier alpha value is -2.22. The van der Waals surface area contributed by atoms with Gasteiger partial charge in [-0.3, -0.25) is 0 Å². The monoisotopic (exact) mass is 810 g/mol. The molecule has 0 atom stereocenters. The van der Waals surface area contributed by atoms with Crippen LogP contribution >= 0.6 is 24.8 Å². The van der Waals surface area contributed by atoms with Crippen molar-refractivity contribution in [1.82, 2.24) is 0 Å². The van der Waals surface area contributed by atoms with Gasteiger partial charge in [-0.15, -0.1) is 93.9 Å². The molecule has 0 saturated heterocycles. The van der Waals surface area contributed by atoms with E-state index in [0.29, 0.717) is 0 Å². The second kappa shape index (κ2) is 20.3. The van der Waals surface area contributed by atoms with Gasteiger partial charge in [-0.25, -0.2) is 0 Å². The van der Waals surface area contributed by atoms with Crippen LogP contribution in [0.25, 0.3) is 43.8 Å². The van der Waals surface area contributed by atoms with Gasteiger partial charge in [0.2, 0.25) is 0 Å². The van der Waals surface area contributed by atoms with Gasteiger partial charge in [0.05, 0.1) is 0 Å². The number of fused-ring (bicyclic) bond motifs is 2. The fourth-order valence-corrected chi connectivity index (χ4v) is 7.06. The first-order valence-corrected chi connectivity index (χ1v) is 21.5. The summed E-state index contributed by atoms with van der Waals surface area (Å²) in [7, 11) is 0. The van der Waals surface area contributed by atoms with Crippen molar-refractivity contribution in [2.24, 2.45) is 0 Å². The van der Waals surface area contributed by atoms with Crippen molar-refractivity contribution >= 4 is 53.2 Å². The SMILES string of the molecule is CC(C)(C)c1ccc(-c2cccc3[cH-]c(C4CCCC4)cc23)cc1.CCc1cc2c(-c3ccc(C(C)(C)C)cc3)cccc2[cH-]1.Cl.Cl.[CH3-].[CH3-].[Si]=[Zr]. The molecule has 7 rings (SSSR count). The maximum absolute atomic E-state index is 3.06. The third kappa shape index (κ3) is 11.1. The second-order valence-electron chi connectivity index (χ2n) is 15.3. The van der Waals surface area contributed by atoms with Gasteiger partial charge in [-0.1, -0.05) is 133 Å². The topological polar surface area (TPSA) is 0 Å². The van der Waals surface area contributed by atoms with E-state index in [1.807, 2.05) is 0 Å². The van der Waals surface area contributed by atoms with Gasteiger partial charge in [0.1, 0.15) is 0 Å². The molecule has 51 heavy (non-hydrogen) atoms. The van der Waals surface area contributed by atoms with Crippen LogP contribution in [0.15, 0.2) is 109 Å². The Bertz CT molecular complexity index is 1910. The number of benzene rings is 4. The van der Waals surface area contributed by atoms with Crippen molar-refractivity contribution in [3.63, 3.8) is 0 Å². The number of hydrogen-bond acceptors (Lipinski definition) is 0. The van der Waals surface area contributed by atoms with E-state index in [0.717, 1.165) is 12.3 Å². The van der Waals surface area contributed by atoms with E-state index in [1.54, 1.807) is 5.56 Å². The normalized spacial score (nSPS) is 12.6. The Morgan fingerprint density at radius 3 is 1.43 bits per heavy atom. The Morgan fingerprint density at radius 1 is 0.608 bits per heavy atom. The molecule has 0 unspecified atom stereocenters. The molecule has 6 aromatic rings. The molecule has 1 fully saturated rings. The molecule has 0 aliphatic heterocycles. The van der Waals surface area contributed by atoms with E-state index in [2.05, 4.69) is 165 Å². The fraction of sp³-hybridized carbons (Fsp3) is 0.319. The van der Waals surface area contributed by atoms with Crippen LogP contribution in [-0.4, -0.2) is 6.88 Å². The second-order valence-corrected chi connectivity index (χ2v) is 15.3. The molecule has 6 aromatic carbocycles. The molecule has 4 heteroatoms. The van der Waals surface area contributed by atoms with Crippen molar-refractivity contribution in [2.45, 2.75) is 97.3 Å². The molecule has 2 radical (unpaired) electrons. The summed E-state index contributed by atoms with van der Waals surface area (Å²) < 4.78 is 0. The molecule has 1 saturated carbocycles. The van der Waals surface area contributed by atoms with Crippen LogP contribution < -0.4 is 0 Å². The number of halogens is 2. The van der Waals surface area contributed by atoms with Crippen LogP contribution in [0.3, 0.4) is 0 Å². The van der Waals surface area contributed by atoms with Crippen molar-refractivity contribution in [3.05, 3.63) is 146 Å². The van der Waals surface area contributed by atoms with E-state index >= 15 is 0 Å². The summed E-state index contributed by atoms with van der Waals surface area (Å²) in [5.74, 6) is 0.786. The van der Waals surface area contributed by atoms with Crippen LogP contribution in [0.4, 0.5) is 0 Å². The maximum atomic E-state index is 3.06. The minimum absolute atomic E-state index is 0. The Balaban J connectivity index is 0.000000456. The number of aryl methyl sites for hydroxylation is 1. The van der Waals surface area contributed by atoms with Crippen molar-refractivity contribution in [3.8, 4) is 22.3 Å². The average molecular weight is 813 g/mol. The fourth-order valence-electron chi connectivity index (χ4n) is 7.06. The third-order valence-electron chi connectivity index (χ3n) is 9.94. The summed E-state index contributed by atoms with van der Waals surface area (Å²) in [5.41, 5.74) is 11.5. The first kappa shape index (κ1) is 46.8. The number of rotatable bonds is 4. The third-order valence-corrected chi connectivity index (χ3v) is 9.94. The summed E-state index contributed by atoms with van der Waals surface area (Å²) >= 11 is 1.36. The van der Waals surface area contributed by atoms with Crippen LogP contribution in [0, 0.1) is 14.9 Å². The molecule has 0 nitrogen and oxygen atoms in total. The molecule has 1 aliphatic rings. The standard InChI is InChI=1S/C24H27.C21H23.2CH3.2ClH.Si.Zr/c1-24(2,3)21-13-11-18(12-14-21)22-10-6-9-19-15-20(16-23(19)22)17-7-4-5-8-17;1-5-15-13-17-7-6-8-19(20(17)14-15)16-9-11-18(12-10-16)21(2,3)4;;;;;;/h6,9-17H,4-5,7-8H2,1-3H3;6-14H,5H2,1-4H3;2*1H3;2*1H;;/q4*-1;;;;. The summed E-state index contributed by atoms with van der Waals surface area (Å²) in [6.45, 7) is 18.9. The van der Waals surface area contributed by atoms with E-state index in [-0.39, 0.29) is 50.5 Å². The molecule has 272 valence electrons. The molecule has 0 aromatic heterocycles. The van der Waals surface area contributed by atoms with Gasteiger partial charge in [0.15, 0.2) is 0 Å². The molecule has 0 bridgehead atoms. The van der Waals surface area contributed by atoms with Crippen LogP contribution in [0.5, 0.6) is 0 Å². The van der Waals surface area contributed by atoms with E-state index in [4.69, 9.17) is 0 Å². The van der Waals surface area contributed by atoms with Crippen molar-refractivity contribution < 1.29 is 23.3 Å². The first-order valence-electron chi connectivity index (χ1n) is 17.4. The average Bonchev–Trinajstić information content (AvgIpc) is 3.85. The van der Waals surface area contributed by atoms with E-state index in [9.17, 15) is 0 Å².